The van der Waals surface area contributed by atoms with E-state index in [4.69, 9.17) is 4.74 Å². The summed E-state index contributed by atoms with van der Waals surface area (Å²) in [6.45, 7) is 3.47. The summed E-state index contributed by atoms with van der Waals surface area (Å²) in [7, 11) is 0. The summed E-state index contributed by atoms with van der Waals surface area (Å²) in [6.07, 6.45) is -4.38. The maximum absolute atomic E-state index is 13.4. The quantitative estimate of drug-likeness (QED) is 0.763. The molecule has 1 aromatic heterocycles. The molecule has 1 aromatic carbocycles. The Labute approximate surface area is 165 Å². The zero-order chi connectivity index (χ0) is 20.2. The van der Waals surface area contributed by atoms with Crippen LogP contribution in [0.1, 0.15) is 22.0 Å². The second-order valence-corrected chi connectivity index (χ2v) is 7.79. The lowest BCUT2D eigenvalue weighted by atomic mass is 10.0. The average molecular weight is 407 g/mol. The summed E-state index contributed by atoms with van der Waals surface area (Å²) in [5.41, 5.74) is -0.385. The number of carbonyl (C=O) groups is 1. The number of carbonyl (C=O) groups excluding carboxylic acids is 1. The lowest BCUT2D eigenvalue weighted by Crippen LogP contribution is -2.35. The summed E-state index contributed by atoms with van der Waals surface area (Å²) < 4.78 is 47.2. The number of aromatic nitrogens is 3. The van der Waals surface area contributed by atoms with Crippen LogP contribution in [0.5, 0.6) is 0 Å². The molecule has 0 unspecified atom stereocenters. The van der Waals surface area contributed by atoms with E-state index in [1.807, 2.05) is 0 Å². The van der Waals surface area contributed by atoms with Gasteiger partial charge in [-0.15, -0.1) is 10.2 Å². The van der Waals surface area contributed by atoms with Crippen LogP contribution in [0.3, 0.4) is 0 Å². The van der Waals surface area contributed by atoms with Crippen LogP contribution in [-0.4, -0.2) is 58.4 Å². The first-order valence-electron chi connectivity index (χ1n) is 9.62. The number of likely N-dealkylation sites (tertiary alicyclic amines) is 1. The van der Waals surface area contributed by atoms with Crippen LogP contribution in [0.15, 0.2) is 24.3 Å². The van der Waals surface area contributed by atoms with Gasteiger partial charge in [0.05, 0.1) is 12.2 Å². The number of fused-ring (bicyclic) bond motifs is 2. The van der Waals surface area contributed by atoms with E-state index >= 15 is 0 Å². The molecule has 2 saturated heterocycles. The number of alkyl halides is 3. The molecule has 0 saturated carbocycles. The van der Waals surface area contributed by atoms with Gasteiger partial charge in [-0.1, -0.05) is 12.1 Å². The number of ether oxygens (including phenoxy) is 1. The molecule has 2 fully saturated rings. The summed E-state index contributed by atoms with van der Waals surface area (Å²) in [5, 5.41) is 8.08. The molecule has 0 spiro atoms. The fourth-order valence-corrected chi connectivity index (χ4v) is 4.64. The minimum atomic E-state index is -4.38. The first-order valence-corrected chi connectivity index (χ1v) is 9.62. The van der Waals surface area contributed by atoms with E-state index in [2.05, 4.69) is 10.2 Å². The largest absolute Gasteiger partial charge is 0.418 e. The van der Waals surface area contributed by atoms with Gasteiger partial charge in [-0.2, -0.15) is 13.2 Å². The molecule has 7 nitrogen and oxygen atoms in total. The highest BCUT2D eigenvalue weighted by atomic mass is 19.4. The van der Waals surface area contributed by atoms with E-state index in [1.165, 1.54) is 12.1 Å². The summed E-state index contributed by atoms with van der Waals surface area (Å²) in [4.78, 5) is 16.5. The highest BCUT2D eigenvalue weighted by molar-refractivity contribution is 5.91. The van der Waals surface area contributed by atoms with Gasteiger partial charge in [0.25, 0.3) is 5.91 Å². The van der Waals surface area contributed by atoms with Gasteiger partial charge in [0.2, 0.25) is 5.82 Å². The molecule has 0 aliphatic carbocycles. The van der Waals surface area contributed by atoms with Gasteiger partial charge in [0.15, 0.2) is 5.82 Å². The molecule has 3 aliphatic heterocycles. The van der Waals surface area contributed by atoms with Gasteiger partial charge in [-0.25, -0.2) is 0 Å². The van der Waals surface area contributed by atoms with Crippen LogP contribution in [0, 0.1) is 11.8 Å². The maximum Gasteiger partial charge on any atom is 0.418 e. The van der Waals surface area contributed by atoms with Gasteiger partial charge in [-0.05, 0) is 12.1 Å². The Balaban J connectivity index is 1.30. The SMILES string of the molecule is O=C(c1nnc2n1CCOC2)N1C[C@@H]2CN(c3ccccc3C(F)(F)F)C[C@@H]2C1. The van der Waals surface area contributed by atoms with E-state index in [1.54, 1.807) is 20.4 Å². The van der Waals surface area contributed by atoms with Crippen molar-refractivity contribution >= 4 is 11.6 Å². The second-order valence-electron chi connectivity index (χ2n) is 7.79. The van der Waals surface area contributed by atoms with Gasteiger partial charge in [-0.3, -0.25) is 4.79 Å². The van der Waals surface area contributed by atoms with Crippen LogP contribution >= 0.6 is 0 Å². The van der Waals surface area contributed by atoms with Gasteiger partial charge in [0.1, 0.15) is 6.61 Å². The Kier molecular flexibility index (Phi) is 4.27. The second kappa shape index (κ2) is 6.72. The van der Waals surface area contributed by atoms with Crippen LogP contribution in [0.4, 0.5) is 18.9 Å². The topological polar surface area (TPSA) is 63.5 Å². The summed E-state index contributed by atoms with van der Waals surface area (Å²) in [6, 6.07) is 5.69. The molecule has 29 heavy (non-hydrogen) atoms. The number of para-hydroxylation sites is 1. The van der Waals surface area contributed by atoms with E-state index in [9.17, 15) is 18.0 Å². The molecule has 1 amide bonds. The van der Waals surface area contributed by atoms with E-state index < -0.39 is 11.7 Å². The van der Waals surface area contributed by atoms with Gasteiger partial charge < -0.3 is 19.1 Å². The lowest BCUT2D eigenvalue weighted by molar-refractivity contribution is -0.137. The monoisotopic (exact) mass is 407 g/mol. The molecule has 154 valence electrons. The van der Waals surface area contributed by atoms with E-state index in [-0.39, 0.29) is 23.4 Å². The third-order valence-corrected chi connectivity index (χ3v) is 6.03. The molecule has 2 aromatic rings. The lowest BCUT2D eigenvalue weighted by Gasteiger charge is -2.26. The highest BCUT2D eigenvalue weighted by Crippen LogP contribution is 2.40. The molecule has 5 rings (SSSR count). The van der Waals surface area contributed by atoms with Crippen molar-refractivity contribution in [3.05, 3.63) is 41.5 Å². The van der Waals surface area contributed by atoms with Crippen molar-refractivity contribution < 1.29 is 22.7 Å². The normalized spacial score (nSPS) is 24.0. The van der Waals surface area contributed by atoms with Crippen molar-refractivity contribution in [3.63, 3.8) is 0 Å². The molecule has 3 aliphatic rings. The van der Waals surface area contributed by atoms with Crippen LogP contribution in [0.2, 0.25) is 0 Å². The minimum Gasteiger partial charge on any atom is -0.372 e. The van der Waals surface area contributed by atoms with Crippen LogP contribution in [-0.2, 0) is 24.1 Å². The first kappa shape index (κ1) is 18.4. The smallest absolute Gasteiger partial charge is 0.372 e. The molecule has 10 heteroatoms. The zero-order valence-electron chi connectivity index (χ0n) is 15.6. The number of nitrogens with zero attached hydrogens (tertiary/aromatic N) is 5. The Morgan fingerprint density at radius 1 is 1.07 bits per heavy atom. The molecule has 0 radical (unpaired) electrons. The van der Waals surface area contributed by atoms with Crippen LogP contribution < -0.4 is 4.90 Å². The van der Waals surface area contributed by atoms with E-state index in [0.717, 1.165) is 6.07 Å². The Hall–Kier alpha value is -2.62. The van der Waals surface area contributed by atoms with Crippen molar-refractivity contribution in [1.29, 1.82) is 0 Å². The first-order chi connectivity index (χ1) is 13.9. The standard InChI is InChI=1S/C19H20F3N5O2/c20-19(21,22)14-3-1-2-4-15(14)25-7-12-9-26(10-13(12)8-25)18(28)17-24-23-16-11-29-6-5-27(16)17/h1-4,12-13H,5-11H2/t12-,13+. The third-order valence-electron chi connectivity index (χ3n) is 6.03. The third kappa shape index (κ3) is 3.15. The van der Waals surface area contributed by atoms with Crippen molar-refractivity contribution in [1.82, 2.24) is 19.7 Å². The zero-order valence-corrected chi connectivity index (χ0v) is 15.6. The predicted molar refractivity (Wildman–Crippen MR) is 96.2 cm³/mol. The number of hydrogen-bond donors (Lipinski definition) is 0. The number of rotatable bonds is 2. The summed E-state index contributed by atoms with van der Waals surface area (Å²) >= 11 is 0. The highest BCUT2D eigenvalue weighted by Gasteiger charge is 2.44. The predicted octanol–water partition coefficient (Wildman–Crippen LogP) is 2.04. The van der Waals surface area contributed by atoms with Crippen LogP contribution in [0.25, 0.3) is 0 Å². The Morgan fingerprint density at radius 3 is 2.52 bits per heavy atom. The number of benzene rings is 1. The number of amides is 1. The number of halogens is 3. The van der Waals surface area contributed by atoms with Crippen molar-refractivity contribution in [2.75, 3.05) is 37.7 Å². The van der Waals surface area contributed by atoms with Crippen molar-refractivity contribution in [2.24, 2.45) is 11.8 Å². The van der Waals surface area contributed by atoms with Gasteiger partial charge >= 0.3 is 6.18 Å². The van der Waals surface area contributed by atoms with Crippen molar-refractivity contribution in [3.8, 4) is 0 Å². The van der Waals surface area contributed by atoms with Crippen molar-refractivity contribution in [2.45, 2.75) is 19.3 Å². The maximum atomic E-state index is 13.4. The molecule has 0 bridgehead atoms. The number of hydrogen-bond acceptors (Lipinski definition) is 5. The van der Waals surface area contributed by atoms with Gasteiger partial charge in [0, 0.05) is 50.2 Å². The fraction of sp³-hybridized carbons (Fsp3) is 0.526. The molecular weight excluding hydrogens is 387 g/mol. The van der Waals surface area contributed by atoms with E-state index in [0.29, 0.717) is 57.6 Å². The fourth-order valence-electron chi connectivity index (χ4n) is 4.64. The average Bonchev–Trinajstić information content (AvgIpc) is 3.39. The Bertz CT molecular complexity index is 930. The minimum absolute atomic E-state index is 0.146. The molecule has 0 N–H and O–H groups in total. The Morgan fingerprint density at radius 2 is 1.79 bits per heavy atom. The summed E-state index contributed by atoms with van der Waals surface area (Å²) in [5.74, 6) is 1.10. The number of anilines is 1. The molecular formula is C19H20F3N5O2. The molecule has 4 heterocycles. The molecule has 2 atom stereocenters.